The largest absolute Gasteiger partial charge is 0.466 e. The Morgan fingerprint density at radius 3 is 2.67 bits per heavy atom. The molecule has 0 fully saturated rings. The Kier molecular flexibility index (Phi) is 7.79. The molecule has 0 aliphatic heterocycles. The lowest BCUT2D eigenvalue weighted by molar-refractivity contribution is -0.134. The lowest BCUT2D eigenvalue weighted by Crippen LogP contribution is -2.25. The van der Waals surface area contributed by atoms with E-state index in [1.54, 1.807) is 18.2 Å². The Bertz CT molecular complexity index is 491. The van der Waals surface area contributed by atoms with Gasteiger partial charge in [0.15, 0.2) is 0 Å². The number of carbonyl (C=O) groups excluding carboxylic acids is 1. The highest BCUT2D eigenvalue weighted by Crippen LogP contribution is 2.09. The van der Waals surface area contributed by atoms with E-state index in [1.165, 1.54) is 19.3 Å². The maximum atomic E-state index is 11.0. The molecule has 0 spiro atoms. The van der Waals surface area contributed by atoms with Gasteiger partial charge in [-0.15, -0.1) is 0 Å². The molecule has 4 nitrogen and oxygen atoms in total. The first-order chi connectivity index (χ1) is 10.2. The average Bonchev–Trinajstić information content (AvgIpc) is 2.53. The maximum absolute atomic E-state index is 11.0. The molecule has 0 aliphatic carbocycles. The molecule has 0 aliphatic rings. The van der Waals surface area contributed by atoms with E-state index in [4.69, 9.17) is 4.74 Å². The third-order valence-corrected chi connectivity index (χ3v) is 2.69. The number of benzene rings is 1. The van der Waals surface area contributed by atoms with E-state index in [0.29, 0.717) is 6.61 Å². The summed E-state index contributed by atoms with van der Waals surface area (Å²) in [7, 11) is 1.28. The number of allylic oxidation sites excluding steroid dienone is 2. The summed E-state index contributed by atoms with van der Waals surface area (Å²) in [5.41, 5.74) is 0.999. The molecule has 1 rings (SSSR count). The van der Waals surface area contributed by atoms with Gasteiger partial charge in [-0.05, 0) is 11.6 Å². The molecule has 0 amide bonds. The van der Waals surface area contributed by atoms with Crippen LogP contribution >= 0.6 is 0 Å². The van der Waals surface area contributed by atoms with Gasteiger partial charge in [-0.1, -0.05) is 55.1 Å². The third kappa shape index (κ3) is 6.70. The number of ether oxygens (including phenoxy) is 2. The summed E-state index contributed by atoms with van der Waals surface area (Å²) in [5, 5.41) is 10.1. The molecule has 0 heterocycles. The van der Waals surface area contributed by atoms with E-state index >= 15 is 0 Å². The van der Waals surface area contributed by atoms with E-state index in [0.717, 1.165) is 5.56 Å². The number of methoxy groups -OCH3 is 1. The van der Waals surface area contributed by atoms with Crippen molar-refractivity contribution < 1.29 is 19.4 Å². The molecule has 0 saturated carbocycles. The van der Waals surface area contributed by atoms with Crippen LogP contribution in [0.5, 0.6) is 0 Å². The predicted octanol–water partition coefficient (Wildman–Crippen LogP) is 2.40. The van der Waals surface area contributed by atoms with Crippen LogP contribution in [-0.4, -0.2) is 30.4 Å². The minimum Gasteiger partial charge on any atom is -0.466 e. The van der Waals surface area contributed by atoms with Crippen molar-refractivity contribution in [2.45, 2.75) is 18.8 Å². The van der Waals surface area contributed by atoms with Crippen LogP contribution in [-0.2, 0) is 20.9 Å². The second-order valence-corrected chi connectivity index (χ2v) is 4.25. The van der Waals surface area contributed by atoms with E-state index in [9.17, 15) is 9.90 Å². The van der Waals surface area contributed by atoms with E-state index in [1.807, 2.05) is 30.3 Å². The number of aliphatic hydroxyl groups excluding tert-OH is 1. The zero-order chi connectivity index (χ0) is 15.5. The van der Waals surface area contributed by atoms with Gasteiger partial charge in [-0.2, -0.15) is 0 Å². The van der Waals surface area contributed by atoms with Crippen LogP contribution in [0.2, 0.25) is 0 Å². The summed E-state index contributed by atoms with van der Waals surface area (Å²) in [5.74, 6) is -0.524. The SMILES string of the molecule is C=C/C=C/[C@H](OCc1ccccc1)[C@@H](O)/C=C/C(=O)OC. The maximum Gasteiger partial charge on any atom is 0.330 e. The number of hydrogen-bond donors (Lipinski definition) is 1. The predicted molar refractivity (Wildman–Crippen MR) is 81.5 cm³/mol. The van der Waals surface area contributed by atoms with Crippen molar-refractivity contribution in [3.8, 4) is 0 Å². The summed E-state index contributed by atoms with van der Waals surface area (Å²) in [6, 6.07) is 9.63. The van der Waals surface area contributed by atoms with Gasteiger partial charge in [0.25, 0.3) is 0 Å². The Morgan fingerprint density at radius 1 is 1.33 bits per heavy atom. The molecule has 1 N–H and O–H groups in total. The van der Waals surface area contributed by atoms with Crippen LogP contribution in [0.4, 0.5) is 0 Å². The van der Waals surface area contributed by atoms with Gasteiger partial charge in [0.1, 0.15) is 12.2 Å². The quantitative estimate of drug-likeness (QED) is 0.453. The number of carbonyl (C=O) groups is 1. The van der Waals surface area contributed by atoms with Crippen LogP contribution in [0.3, 0.4) is 0 Å². The van der Waals surface area contributed by atoms with E-state index in [2.05, 4.69) is 11.3 Å². The fourth-order valence-electron chi connectivity index (χ4n) is 1.58. The molecule has 2 atom stereocenters. The molecule has 1 aromatic carbocycles. The Morgan fingerprint density at radius 2 is 2.05 bits per heavy atom. The Balaban J connectivity index is 2.66. The van der Waals surface area contributed by atoms with Gasteiger partial charge in [0.05, 0.1) is 13.7 Å². The zero-order valence-corrected chi connectivity index (χ0v) is 12.0. The molecule has 112 valence electrons. The summed E-state index contributed by atoms with van der Waals surface area (Å²) in [4.78, 5) is 11.0. The zero-order valence-electron chi connectivity index (χ0n) is 12.0. The van der Waals surface area contributed by atoms with Crippen LogP contribution in [0.1, 0.15) is 5.56 Å². The molecule has 4 heteroatoms. The van der Waals surface area contributed by atoms with Crippen molar-refractivity contribution in [1.29, 1.82) is 0 Å². The van der Waals surface area contributed by atoms with E-state index in [-0.39, 0.29) is 0 Å². The Labute approximate surface area is 125 Å². The second-order valence-electron chi connectivity index (χ2n) is 4.25. The number of aliphatic hydroxyl groups is 1. The standard InChI is InChI=1S/C17H20O4/c1-3-4-10-16(15(18)11-12-17(19)20-2)21-13-14-8-6-5-7-9-14/h3-12,15-16,18H,1,13H2,2H3/b10-4+,12-11+/t15-,16-/m0/s1. The summed E-state index contributed by atoms with van der Waals surface area (Å²) in [6.45, 7) is 3.94. The van der Waals surface area contributed by atoms with Crippen molar-refractivity contribution in [2.24, 2.45) is 0 Å². The molecule has 0 saturated heterocycles. The molecule has 1 aromatic rings. The summed E-state index contributed by atoms with van der Waals surface area (Å²) >= 11 is 0. The van der Waals surface area contributed by atoms with Crippen LogP contribution in [0, 0.1) is 0 Å². The van der Waals surface area contributed by atoms with Gasteiger partial charge in [-0.25, -0.2) is 4.79 Å². The molecular formula is C17H20O4. The fraction of sp³-hybridized carbons (Fsp3) is 0.235. The lowest BCUT2D eigenvalue weighted by Gasteiger charge is -2.18. The first-order valence-corrected chi connectivity index (χ1v) is 6.56. The smallest absolute Gasteiger partial charge is 0.330 e. The molecule has 0 aromatic heterocycles. The molecule has 21 heavy (non-hydrogen) atoms. The van der Waals surface area contributed by atoms with Gasteiger partial charge in [-0.3, -0.25) is 0 Å². The fourth-order valence-corrected chi connectivity index (χ4v) is 1.58. The van der Waals surface area contributed by atoms with Crippen molar-refractivity contribution in [2.75, 3.05) is 7.11 Å². The molecule has 0 radical (unpaired) electrons. The van der Waals surface area contributed by atoms with Crippen molar-refractivity contribution in [3.05, 3.63) is 72.9 Å². The van der Waals surface area contributed by atoms with Gasteiger partial charge in [0.2, 0.25) is 0 Å². The molecular weight excluding hydrogens is 268 g/mol. The normalized spacial score (nSPS) is 14.2. The van der Waals surface area contributed by atoms with Gasteiger partial charge in [0, 0.05) is 6.08 Å². The van der Waals surface area contributed by atoms with Crippen LogP contribution in [0.15, 0.2) is 67.3 Å². The first-order valence-electron chi connectivity index (χ1n) is 6.56. The van der Waals surface area contributed by atoms with Crippen molar-refractivity contribution in [3.63, 3.8) is 0 Å². The van der Waals surface area contributed by atoms with Crippen molar-refractivity contribution >= 4 is 5.97 Å². The Hall–Kier alpha value is -2.17. The highest BCUT2D eigenvalue weighted by atomic mass is 16.5. The number of esters is 1. The van der Waals surface area contributed by atoms with Crippen LogP contribution < -0.4 is 0 Å². The molecule has 0 unspecified atom stereocenters. The number of hydrogen-bond acceptors (Lipinski definition) is 4. The molecule has 0 bridgehead atoms. The third-order valence-electron chi connectivity index (χ3n) is 2.69. The van der Waals surface area contributed by atoms with Crippen molar-refractivity contribution in [1.82, 2.24) is 0 Å². The van der Waals surface area contributed by atoms with Gasteiger partial charge < -0.3 is 14.6 Å². The van der Waals surface area contributed by atoms with Crippen LogP contribution in [0.25, 0.3) is 0 Å². The minimum absolute atomic E-state index is 0.357. The first kappa shape index (κ1) is 16.9. The van der Waals surface area contributed by atoms with Gasteiger partial charge >= 0.3 is 5.97 Å². The monoisotopic (exact) mass is 288 g/mol. The lowest BCUT2D eigenvalue weighted by atomic mass is 10.1. The summed E-state index contributed by atoms with van der Waals surface area (Å²) < 4.78 is 10.1. The highest BCUT2D eigenvalue weighted by Gasteiger charge is 2.14. The van der Waals surface area contributed by atoms with E-state index < -0.39 is 18.2 Å². The second kappa shape index (κ2) is 9.69. The average molecular weight is 288 g/mol. The number of rotatable bonds is 8. The minimum atomic E-state index is -0.955. The highest BCUT2D eigenvalue weighted by molar-refractivity contribution is 5.81. The topological polar surface area (TPSA) is 55.8 Å². The summed E-state index contributed by atoms with van der Waals surface area (Å²) in [6.07, 6.45) is 5.94.